The van der Waals surface area contributed by atoms with Crippen molar-refractivity contribution in [3.63, 3.8) is 0 Å². The zero-order valence-corrected chi connectivity index (χ0v) is 11.6. The lowest BCUT2D eigenvalue weighted by Crippen LogP contribution is -2.30. The number of anilines is 1. The van der Waals surface area contributed by atoms with Crippen LogP contribution in [0.2, 0.25) is 0 Å². The van der Waals surface area contributed by atoms with Crippen molar-refractivity contribution in [2.75, 3.05) is 18.6 Å². The van der Waals surface area contributed by atoms with Gasteiger partial charge in [-0.3, -0.25) is 9.59 Å². The fourth-order valence-electron chi connectivity index (χ4n) is 2.27. The van der Waals surface area contributed by atoms with Crippen molar-refractivity contribution in [3.8, 4) is 5.75 Å². The molecule has 0 saturated heterocycles. The Labute approximate surface area is 117 Å². The number of hydrogen-bond donors (Lipinski definition) is 0. The normalized spacial score (nSPS) is 13.6. The lowest BCUT2D eigenvalue weighted by molar-refractivity contribution is -0.117. The van der Waals surface area contributed by atoms with Gasteiger partial charge in [0.15, 0.2) is 0 Å². The van der Waals surface area contributed by atoms with Crippen LogP contribution in [0.15, 0.2) is 18.2 Å². The Hall–Kier alpha value is -2.17. The average molecular weight is 275 g/mol. The lowest BCUT2D eigenvalue weighted by Gasteiger charge is -2.16. The van der Waals surface area contributed by atoms with Gasteiger partial charge in [-0.1, -0.05) is 0 Å². The molecule has 0 radical (unpaired) electrons. The molecule has 1 amide bonds. The number of carbonyl (C=O) groups is 3. The van der Waals surface area contributed by atoms with Crippen molar-refractivity contribution in [2.45, 2.75) is 26.2 Å². The molecule has 0 aromatic heterocycles. The Bertz CT molecular complexity index is 565. The number of rotatable bonds is 6. The van der Waals surface area contributed by atoms with Crippen LogP contribution < -0.4 is 9.64 Å². The Balaban J connectivity index is 2.10. The number of fused-ring (bicyclic) bond motifs is 1. The molecule has 5 heteroatoms. The van der Waals surface area contributed by atoms with E-state index in [4.69, 9.17) is 4.74 Å². The number of nitrogens with zero attached hydrogens (tertiary/aromatic N) is 1. The summed E-state index contributed by atoms with van der Waals surface area (Å²) in [5, 5.41) is 0. The zero-order chi connectivity index (χ0) is 14.7. The lowest BCUT2D eigenvalue weighted by atomic mass is 10.1. The van der Waals surface area contributed by atoms with E-state index in [1.165, 1.54) is 12.0 Å². The van der Waals surface area contributed by atoms with E-state index in [1.807, 2.05) is 0 Å². The summed E-state index contributed by atoms with van der Waals surface area (Å²) in [7, 11) is 1.52. The number of benzene rings is 1. The second kappa shape index (κ2) is 5.86. The van der Waals surface area contributed by atoms with Crippen LogP contribution in [0.25, 0.3) is 0 Å². The number of Topliss-reactive ketones (excluding diaryl/α,β-unsaturated/α-hetero) is 2. The van der Waals surface area contributed by atoms with Gasteiger partial charge in [-0.05, 0) is 38.0 Å². The molecule has 0 atom stereocenters. The third-order valence-electron chi connectivity index (χ3n) is 3.34. The monoisotopic (exact) mass is 275 g/mol. The van der Waals surface area contributed by atoms with Crippen LogP contribution in [-0.2, 0) is 9.59 Å². The van der Waals surface area contributed by atoms with E-state index in [2.05, 4.69) is 0 Å². The Morgan fingerprint density at radius 3 is 2.65 bits per heavy atom. The molecule has 0 fully saturated rings. The Kier molecular flexibility index (Phi) is 4.17. The van der Waals surface area contributed by atoms with E-state index in [1.54, 1.807) is 25.1 Å². The summed E-state index contributed by atoms with van der Waals surface area (Å²) >= 11 is 0. The van der Waals surface area contributed by atoms with Gasteiger partial charge in [0.1, 0.15) is 11.5 Å². The van der Waals surface area contributed by atoms with Gasteiger partial charge < -0.3 is 14.4 Å². The third kappa shape index (κ3) is 2.71. The maximum Gasteiger partial charge on any atom is 0.299 e. The molecule has 0 aliphatic carbocycles. The molecule has 1 aromatic rings. The van der Waals surface area contributed by atoms with Gasteiger partial charge in [0, 0.05) is 13.0 Å². The third-order valence-corrected chi connectivity index (χ3v) is 3.34. The summed E-state index contributed by atoms with van der Waals surface area (Å²) in [6.07, 6.45) is 1.92. The molecule has 106 valence electrons. The van der Waals surface area contributed by atoms with Crippen LogP contribution in [0.1, 0.15) is 36.5 Å². The minimum Gasteiger partial charge on any atom is -0.497 e. The highest BCUT2D eigenvalue weighted by molar-refractivity contribution is 6.52. The van der Waals surface area contributed by atoms with Crippen molar-refractivity contribution >= 4 is 23.2 Å². The second-order valence-electron chi connectivity index (χ2n) is 4.83. The molecule has 0 spiro atoms. The Morgan fingerprint density at radius 1 is 1.25 bits per heavy atom. The Morgan fingerprint density at radius 2 is 2.00 bits per heavy atom. The van der Waals surface area contributed by atoms with Crippen LogP contribution in [-0.4, -0.2) is 31.1 Å². The topological polar surface area (TPSA) is 63.7 Å². The summed E-state index contributed by atoms with van der Waals surface area (Å²) in [5.41, 5.74) is 1.02. The molecule has 1 aromatic carbocycles. The van der Waals surface area contributed by atoms with Crippen molar-refractivity contribution in [1.82, 2.24) is 0 Å². The number of ether oxygens (including phenoxy) is 1. The van der Waals surface area contributed by atoms with E-state index >= 15 is 0 Å². The molecule has 2 rings (SSSR count). The van der Waals surface area contributed by atoms with Gasteiger partial charge in [-0.15, -0.1) is 0 Å². The van der Waals surface area contributed by atoms with E-state index in [9.17, 15) is 14.4 Å². The van der Waals surface area contributed by atoms with Gasteiger partial charge in [0.2, 0.25) is 0 Å². The van der Waals surface area contributed by atoms with Gasteiger partial charge in [-0.25, -0.2) is 0 Å². The number of ketones is 2. The minimum atomic E-state index is -0.504. The summed E-state index contributed by atoms with van der Waals surface area (Å²) in [6.45, 7) is 2.00. The molecular formula is C15H17NO4. The van der Waals surface area contributed by atoms with Crippen molar-refractivity contribution < 1.29 is 19.1 Å². The van der Waals surface area contributed by atoms with Gasteiger partial charge in [-0.2, -0.15) is 0 Å². The van der Waals surface area contributed by atoms with Crippen molar-refractivity contribution in [3.05, 3.63) is 23.8 Å². The fraction of sp³-hybridized carbons (Fsp3) is 0.400. The van der Waals surface area contributed by atoms with E-state index in [0.29, 0.717) is 36.4 Å². The summed E-state index contributed by atoms with van der Waals surface area (Å²) < 4.78 is 5.06. The first-order chi connectivity index (χ1) is 9.54. The first kappa shape index (κ1) is 14.2. The molecule has 5 nitrogen and oxygen atoms in total. The first-order valence-corrected chi connectivity index (χ1v) is 6.58. The standard InChI is InChI=1S/C15H17NO4/c1-10(17)5-3-4-8-16-13-7-6-11(20-2)9-12(13)14(18)15(16)19/h6-7,9H,3-5,8H2,1-2H3. The highest BCUT2D eigenvalue weighted by atomic mass is 16.5. The smallest absolute Gasteiger partial charge is 0.299 e. The summed E-state index contributed by atoms with van der Waals surface area (Å²) in [4.78, 5) is 36.2. The predicted octanol–water partition coefficient (Wildman–Crippen LogP) is 1.98. The molecule has 20 heavy (non-hydrogen) atoms. The van der Waals surface area contributed by atoms with Gasteiger partial charge in [0.05, 0.1) is 18.4 Å². The number of amides is 1. The van der Waals surface area contributed by atoms with Crippen molar-refractivity contribution in [1.29, 1.82) is 0 Å². The van der Waals surface area contributed by atoms with Crippen LogP contribution in [0.3, 0.4) is 0 Å². The maximum absolute atomic E-state index is 12.0. The van der Waals surface area contributed by atoms with E-state index in [0.717, 1.165) is 6.42 Å². The van der Waals surface area contributed by atoms with Crippen LogP contribution >= 0.6 is 0 Å². The first-order valence-electron chi connectivity index (χ1n) is 6.58. The maximum atomic E-state index is 12.0. The molecule has 1 heterocycles. The fourth-order valence-corrected chi connectivity index (χ4v) is 2.27. The summed E-state index contributed by atoms with van der Waals surface area (Å²) in [5.74, 6) is -0.302. The minimum absolute atomic E-state index is 0.138. The number of carbonyl (C=O) groups excluding carboxylic acids is 3. The number of unbranched alkanes of at least 4 members (excludes halogenated alkanes) is 1. The molecule has 0 saturated carbocycles. The van der Waals surface area contributed by atoms with Gasteiger partial charge in [0.25, 0.3) is 11.7 Å². The van der Waals surface area contributed by atoms with Crippen LogP contribution in [0.4, 0.5) is 5.69 Å². The van der Waals surface area contributed by atoms with E-state index in [-0.39, 0.29) is 5.78 Å². The quantitative estimate of drug-likeness (QED) is 0.588. The van der Waals surface area contributed by atoms with Crippen LogP contribution in [0.5, 0.6) is 5.75 Å². The van der Waals surface area contributed by atoms with Gasteiger partial charge >= 0.3 is 0 Å². The zero-order valence-electron chi connectivity index (χ0n) is 11.6. The molecule has 0 unspecified atom stereocenters. The van der Waals surface area contributed by atoms with E-state index < -0.39 is 11.7 Å². The molecule has 0 N–H and O–H groups in total. The molecular weight excluding hydrogens is 258 g/mol. The SMILES string of the molecule is COc1ccc2c(c1)C(=O)C(=O)N2CCCCC(C)=O. The largest absolute Gasteiger partial charge is 0.497 e. The number of methoxy groups -OCH3 is 1. The number of hydrogen-bond acceptors (Lipinski definition) is 4. The average Bonchev–Trinajstić information content (AvgIpc) is 2.67. The predicted molar refractivity (Wildman–Crippen MR) is 74.2 cm³/mol. The van der Waals surface area contributed by atoms with Crippen LogP contribution in [0, 0.1) is 0 Å². The molecule has 1 aliphatic rings. The molecule has 0 bridgehead atoms. The second-order valence-corrected chi connectivity index (χ2v) is 4.83. The summed E-state index contributed by atoms with van der Waals surface area (Å²) in [6, 6.07) is 5.04. The van der Waals surface area contributed by atoms with Crippen molar-refractivity contribution in [2.24, 2.45) is 0 Å². The highest BCUT2D eigenvalue weighted by Crippen LogP contribution is 2.32. The molecule has 1 aliphatic heterocycles. The highest BCUT2D eigenvalue weighted by Gasteiger charge is 2.35.